The highest BCUT2D eigenvalue weighted by Crippen LogP contribution is 2.40. The molecule has 1 heterocycles. The molecule has 0 aliphatic heterocycles. The van der Waals surface area contributed by atoms with Crippen molar-refractivity contribution in [3.05, 3.63) is 58.0 Å². The van der Waals surface area contributed by atoms with E-state index in [1.165, 1.54) is 0 Å². The molecule has 124 valence electrons. The Morgan fingerprint density at radius 1 is 1.21 bits per heavy atom. The Bertz CT molecular complexity index is 872. The second-order valence-corrected chi connectivity index (χ2v) is 5.94. The second-order valence-electron chi connectivity index (χ2n) is 5.50. The van der Waals surface area contributed by atoms with Crippen LogP contribution in [0.1, 0.15) is 18.9 Å². The monoisotopic (exact) mass is 344 g/mol. The number of aromatic hydroxyl groups is 1. The lowest BCUT2D eigenvalue weighted by Gasteiger charge is -2.09. The summed E-state index contributed by atoms with van der Waals surface area (Å²) in [5.74, 6) is 0.651. The van der Waals surface area contributed by atoms with E-state index < -0.39 is 0 Å². The molecule has 0 atom stereocenters. The van der Waals surface area contributed by atoms with Crippen molar-refractivity contribution in [2.45, 2.75) is 19.9 Å². The summed E-state index contributed by atoms with van der Waals surface area (Å²) in [7, 11) is 0. The highest BCUT2D eigenvalue weighted by atomic mass is 35.5. The van der Waals surface area contributed by atoms with Crippen molar-refractivity contribution in [1.29, 1.82) is 0 Å². The van der Waals surface area contributed by atoms with Crippen molar-refractivity contribution >= 4 is 28.2 Å². The molecule has 0 fully saturated rings. The van der Waals surface area contributed by atoms with Crippen LogP contribution in [0.3, 0.4) is 0 Å². The zero-order chi connectivity index (χ0) is 17.1. The predicted molar refractivity (Wildman–Crippen MR) is 95.4 cm³/mol. The van der Waals surface area contributed by atoms with Gasteiger partial charge >= 0.3 is 0 Å². The lowest BCUT2D eigenvalue weighted by Crippen LogP contribution is -1.99. The Balaban J connectivity index is 1.95. The molecule has 0 amide bonds. The molecule has 6 heteroatoms. The number of aromatic nitrogens is 1. The van der Waals surface area contributed by atoms with E-state index in [0.29, 0.717) is 29.1 Å². The van der Waals surface area contributed by atoms with Crippen molar-refractivity contribution in [1.82, 2.24) is 4.57 Å². The van der Waals surface area contributed by atoms with Crippen LogP contribution in [-0.4, -0.2) is 16.3 Å². The highest BCUT2D eigenvalue weighted by molar-refractivity contribution is 6.31. The molecular formula is C18H17ClN2O3. The smallest absolute Gasteiger partial charge is 0.222 e. The van der Waals surface area contributed by atoms with Crippen LogP contribution >= 0.6 is 11.6 Å². The van der Waals surface area contributed by atoms with Crippen molar-refractivity contribution in [2.75, 3.05) is 6.61 Å². The molecule has 24 heavy (non-hydrogen) atoms. The molecule has 3 rings (SSSR count). The van der Waals surface area contributed by atoms with E-state index in [1.807, 2.05) is 24.3 Å². The molecule has 0 radical (unpaired) electrons. The summed E-state index contributed by atoms with van der Waals surface area (Å²) >= 11 is 5.98. The lowest BCUT2D eigenvalue weighted by atomic mass is 10.2. The summed E-state index contributed by atoms with van der Waals surface area (Å²) in [5.41, 5.74) is 1.69. The maximum Gasteiger partial charge on any atom is 0.222 e. The highest BCUT2D eigenvalue weighted by Gasteiger charge is 2.18. The van der Waals surface area contributed by atoms with Crippen LogP contribution in [0.25, 0.3) is 10.9 Å². The van der Waals surface area contributed by atoms with Gasteiger partial charge in [0.2, 0.25) is 5.88 Å². The largest absolute Gasteiger partial charge is 0.494 e. The molecule has 0 saturated carbocycles. The van der Waals surface area contributed by atoms with E-state index in [-0.39, 0.29) is 11.6 Å². The average Bonchev–Trinajstić information content (AvgIpc) is 2.85. The van der Waals surface area contributed by atoms with Gasteiger partial charge in [0.15, 0.2) is 5.69 Å². The third-order valence-corrected chi connectivity index (χ3v) is 4.04. The summed E-state index contributed by atoms with van der Waals surface area (Å²) in [6.07, 6.45) is 0.953. The third kappa shape index (κ3) is 3.08. The SMILES string of the molecule is CCCOc1ccc(Cn2c(O)c(N=O)c3cc(Cl)ccc32)cc1. The van der Waals surface area contributed by atoms with Gasteiger partial charge in [-0.05, 0) is 47.5 Å². The molecule has 0 saturated heterocycles. The fourth-order valence-corrected chi connectivity index (χ4v) is 2.81. The second kappa shape index (κ2) is 6.93. The van der Waals surface area contributed by atoms with Crippen LogP contribution in [0, 0.1) is 4.91 Å². The Labute approximate surface area is 144 Å². The molecule has 0 aliphatic carbocycles. The van der Waals surface area contributed by atoms with Crippen molar-refractivity contribution in [2.24, 2.45) is 5.18 Å². The van der Waals surface area contributed by atoms with Crippen molar-refractivity contribution < 1.29 is 9.84 Å². The van der Waals surface area contributed by atoms with E-state index in [1.54, 1.807) is 22.8 Å². The van der Waals surface area contributed by atoms with Gasteiger partial charge in [-0.3, -0.25) is 0 Å². The van der Waals surface area contributed by atoms with Crippen LogP contribution in [0.4, 0.5) is 5.69 Å². The Kier molecular flexibility index (Phi) is 4.71. The topological polar surface area (TPSA) is 63.8 Å². The zero-order valence-electron chi connectivity index (χ0n) is 13.2. The fourth-order valence-electron chi connectivity index (χ4n) is 2.64. The molecule has 1 N–H and O–H groups in total. The van der Waals surface area contributed by atoms with Crippen LogP contribution in [0.5, 0.6) is 11.6 Å². The number of ether oxygens (including phenoxy) is 1. The minimum Gasteiger partial charge on any atom is -0.494 e. The van der Waals surface area contributed by atoms with Gasteiger partial charge in [-0.1, -0.05) is 30.7 Å². The summed E-state index contributed by atoms with van der Waals surface area (Å²) in [5, 5.41) is 14.3. The van der Waals surface area contributed by atoms with Crippen molar-refractivity contribution in [3.63, 3.8) is 0 Å². The van der Waals surface area contributed by atoms with E-state index in [9.17, 15) is 10.0 Å². The first-order valence-electron chi connectivity index (χ1n) is 7.70. The first kappa shape index (κ1) is 16.3. The quantitative estimate of drug-likeness (QED) is 0.622. The molecule has 0 aliphatic rings. The minimum absolute atomic E-state index is 0.00963. The number of nitrogens with zero attached hydrogens (tertiary/aromatic N) is 2. The average molecular weight is 345 g/mol. The first-order chi connectivity index (χ1) is 11.6. The maximum absolute atomic E-state index is 11.1. The van der Waals surface area contributed by atoms with Gasteiger partial charge < -0.3 is 14.4 Å². The van der Waals surface area contributed by atoms with Gasteiger partial charge in [0.05, 0.1) is 18.7 Å². The number of halogens is 1. The zero-order valence-corrected chi connectivity index (χ0v) is 14.0. The summed E-state index contributed by atoms with van der Waals surface area (Å²) < 4.78 is 7.20. The predicted octanol–water partition coefficient (Wildman–Crippen LogP) is 5.24. The Morgan fingerprint density at radius 2 is 1.96 bits per heavy atom. The Morgan fingerprint density at radius 3 is 2.62 bits per heavy atom. The van der Waals surface area contributed by atoms with Crippen LogP contribution in [-0.2, 0) is 6.54 Å². The number of fused-ring (bicyclic) bond motifs is 1. The summed E-state index contributed by atoms with van der Waals surface area (Å²) in [4.78, 5) is 11.1. The van der Waals surface area contributed by atoms with E-state index in [2.05, 4.69) is 12.1 Å². The number of benzene rings is 2. The number of hydrogen-bond donors (Lipinski definition) is 1. The van der Waals surface area contributed by atoms with Crippen LogP contribution in [0.2, 0.25) is 5.02 Å². The molecule has 1 aromatic heterocycles. The van der Waals surface area contributed by atoms with Crippen molar-refractivity contribution in [3.8, 4) is 11.6 Å². The third-order valence-electron chi connectivity index (χ3n) is 3.80. The maximum atomic E-state index is 11.1. The standard InChI is InChI=1S/C18H17ClN2O3/c1-2-9-24-14-6-3-12(4-7-14)11-21-16-8-5-13(19)10-15(16)17(20-23)18(21)22/h3-8,10,22H,2,9,11H2,1H3. The number of hydrogen-bond acceptors (Lipinski definition) is 4. The normalized spacial score (nSPS) is 10.9. The van der Waals surface area contributed by atoms with Gasteiger partial charge in [-0.25, -0.2) is 0 Å². The molecular weight excluding hydrogens is 328 g/mol. The molecule has 0 unspecified atom stereocenters. The van der Waals surface area contributed by atoms with Gasteiger partial charge in [0.25, 0.3) is 0 Å². The summed E-state index contributed by atoms with van der Waals surface area (Å²) in [6, 6.07) is 12.8. The molecule has 3 aromatic rings. The van der Waals surface area contributed by atoms with E-state index in [0.717, 1.165) is 17.7 Å². The van der Waals surface area contributed by atoms with Crippen LogP contribution < -0.4 is 4.74 Å². The van der Waals surface area contributed by atoms with Crippen LogP contribution in [0.15, 0.2) is 47.6 Å². The molecule has 0 bridgehead atoms. The lowest BCUT2D eigenvalue weighted by molar-refractivity contribution is 0.317. The van der Waals surface area contributed by atoms with Gasteiger partial charge in [-0.15, -0.1) is 4.91 Å². The first-order valence-corrected chi connectivity index (χ1v) is 8.07. The Hall–Kier alpha value is -2.53. The molecule has 2 aromatic carbocycles. The van der Waals surface area contributed by atoms with Gasteiger partial charge in [-0.2, -0.15) is 0 Å². The number of nitroso groups, excluding NO2 is 1. The van der Waals surface area contributed by atoms with Gasteiger partial charge in [0, 0.05) is 10.4 Å². The molecule has 0 spiro atoms. The van der Waals surface area contributed by atoms with Gasteiger partial charge in [0.1, 0.15) is 5.75 Å². The van der Waals surface area contributed by atoms with E-state index >= 15 is 0 Å². The number of rotatable bonds is 6. The van der Waals surface area contributed by atoms with E-state index in [4.69, 9.17) is 16.3 Å². The minimum atomic E-state index is -0.159. The fraction of sp³-hybridized carbons (Fsp3) is 0.222. The summed E-state index contributed by atoms with van der Waals surface area (Å²) in [6.45, 7) is 3.14. The molecule has 5 nitrogen and oxygen atoms in total.